The molecule has 1 aliphatic heterocycles. The normalized spacial score (nSPS) is 16.7. The van der Waals surface area contributed by atoms with Gasteiger partial charge in [-0.1, -0.05) is 15.9 Å². The predicted octanol–water partition coefficient (Wildman–Crippen LogP) is 4.64. The van der Waals surface area contributed by atoms with E-state index in [0.29, 0.717) is 18.9 Å². The van der Waals surface area contributed by atoms with Crippen LogP contribution >= 0.6 is 15.9 Å². The van der Waals surface area contributed by atoms with Crippen molar-refractivity contribution in [2.75, 3.05) is 37.5 Å². The van der Waals surface area contributed by atoms with Crippen molar-refractivity contribution in [3.63, 3.8) is 0 Å². The molecule has 1 atom stereocenters. The standard InChI is InChI=1S/C22H27BrN2O3/c1-27-20-4-3-13-25(15-20)19-9-7-18(8-10-19)24-22(26)12-5-16-14-17(23)6-11-21(16)28-2/h6-11,14,20H,3-5,12-13,15H2,1-2H3,(H,24,26)/t20-/m1/s1. The number of nitrogens with one attached hydrogen (secondary N) is 1. The van der Waals surface area contributed by atoms with Crippen LogP contribution in [0.2, 0.25) is 0 Å². The van der Waals surface area contributed by atoms with E-state index in [1.807, 2.05) is 30.3 Å². The molecule has 150 valence electrons. The maximum Gasteiger partial charge on any atom is 0.224 e. The first-order chi connectivity index (χ1) is 13.6. The lowest BCUT2D eigenvalue weighted by Gasteiger charge is -2.33. The molecule has 1 aliphatic rings. The quantitative estimate of drug-likeness (QED) is 0.672. The fraction of sp³-hybridized carbons (Fsp3) is 0.409. The number of benzene rings is 2. The summed E-state index contributed by atoms with van der Waals surface area (Å²) in [5.41, 5.74) is 2.99. The van der Waals surface area contributed by atoms with Gasteiger partial charge in [-0.2, -0.15) is 0 Å². The zero-order valence-corrected chi connectivity index (χ0v) is 18.0. The Kier molecular flexibility index (Phi) is 7.34. The summed E-state index contributed by atoms with van der Waals surface area (Å²) in [7, 11) is 3.42. The third-order valence-corrected chi connectivity index (χ3v) is 5.58. The molecule has 1 heterocycles. The maximum absolute atomic E-state index is 12.3. The van der Waals surface area contributed by atoms with Gasteiger partial charge >= 0.3 is 0 Å². The molecule has 0 unspecified atom stereocenters. The Hall–Kier alpha value is -2.05. The molecule has 0 aliphatic carbocycles. The second kappa shape index (κ2) is 9.94. The Balaban J connectivity index is 1.54. The van der Waals surface area contributed by atoms with Crippen LogP contribution in [-0.2, 0) is 16.0 Å². The topological polar surface area (TPSA) is 50.8 Å². The van der Waals surface area contributed by atoms with Gasteiger partial charge in [0.05, 0.1) is 13.2 Å². The number of halogens is 1. The molecule has 2 aromatic rings. The number of anilines is 2. The van der Waals surface area contributed by atoms with E-state index in [0.717, 1.165) is 47.4 Å². The van der Waals surface area contributed by atoms with E-state index in [1.165, 1.54) is 5.69 Å². The third-order valence-electron chi connectivity index (χ3n) is 5.09. The van der Waals surface area contributed by atoms with Crippen molar-refractivity contribution in [1.82, 2.24) is 0 Å². The lowest BCUT2D eigenvalue weighted by molar-refractivity contribution is -0.116. The van der Waals surface area contributed by atoms with Crippen molar-refractivity contribution in [2.24, 2.45) is 0 Å². The van der Waals surface area contributed by atoms with Crippen LogP contribution in [0.3, 0.4) is 0 Å². The number of piperidine rings is 1. The van der Waals surface area contributed by atoms with Crippen LogP contribution in [0, 0.1) is 0 Å². The van der Waals surface area contributed by atoms with Gasteiger partial charge in [-0.05, 0) is 67.3 Å². The highest BCUT2D eigenvalue weighted by atomic mass is 79.9. The molecule has 1 saturated heterocycles. The Morgan fingerprint density at radius 1 is 1.21 bits per heavy atom. The number of rotatable bonds is 7. The molecule has 5 nitrogen and oxygen atoms in total. The summed E-state index contributed by atoms with van der Waals surface area (Å²) in [5, 5.41) is 2.98. The number of aryl methyl sites for hydroxylation is 1. The molecule has 1 amide bonds. The molecular formula is C22H27BrN2O3. The maximum atomic E-state index is 12.3. The zero-order valence-electron chi connectivity index (χ0n) is 16.4. The average Bonchev–Trinajstić information content (AvgIpc) is 2.73. The Bertz CT molecular complexity index is 795. The van der Waals surface area contributed by atoms with Crippen LogP contribution in [0.5, 0.6) is 5.75 Å². The number of nitrogens with zero attached hydrogens (tertiary/aromatic N) is 1. The molecule has 0 radical (unpaired) electrons. The van der Waals surface area contributed by atoms with E-state index in [1.54, 1.807) is 14.2 Å². The van der Waals surface area contributed by atoms with Gasteiger partial charge in [-0.15, -0.1) is 0 Å². The van der Waals surface area contributed by atoms with Crippen molar-refractivity contribution in [2.45, 2.75) is 31.8 Å². The van der Waals surface area contributed by atoms with E-state index in [-0.39, 0.29) is 5.91 Å². The van der Waals surface area contributed by atoms with Gasteiger partial charge in [0, 0.05) is 42.5 Å². The van der Waals surface area contributed by atoms with Crippen molar-refractivity contribution >= 4 is 33.2 Å². The highest BCUT2D eigenvalue weighted by molar-refractivity contribution is 9.10. The van der Waals surface area contributed by atoms with Gasteiger partial charge < -0.3 is 19.7 Å². The van der Waals surface area contributed by atoms with E-state index in [9.17, 15) is 4.79 Å². The highest BCUT2D eigenvalue weighted by Gasteiger charge is 2.19. The van der Waals surface area contributed by atoms with E-state index < -0.39 is 0 Å². The molecule has 1 fully saturated rings. The summed E-state index contributed by atoms with van der Waals surface area (Å²) in [4.78, 5) is 14.7. The molecule has 0 saturated carbocycles. The Morgan fingerprint density at radius 3 is 2.71 bits per heavy atom. The summed E-state index contributed by atoms with van der Waals surface area (Å²) >= 11 is 3.47. The largest absolute Gasteiger partial charge is 0.496 e. The van der Waals surface area contributed by atoms with Crippen LogP contribution < -0.4 is 15.0 Å². The summed E-state index contributed by atoms with van der Waals surface area (Å²) < 4.78 is 11.8. The lowest BCUT2D eigenvalue weighted by atomic mass is 10.1. The second-order valence-corrected chi connectivity index (χ2v) is 7.91. The first-order valence-corrected chi connectivity index (χ1v) is 10.4. The van der Waals surface area contributed by atoms with Crippen LogP contribution in [0.25, 0.3) is 0 Å². The molecular weight excluding hydrogens is 420 g/mol. The van der Waals surface area contributed by atoms with E-state index in [2.05, 4.69) is 38.3 Å². The van der Waals surface area contributed by atoms with Crippen LogP contribution in [0.4, 0.5) is 11.4 Å². The molecule has 0 bridgehead atoms. The van der Waals surface area contributed by atoms with Crippen LogP contribution in [-0.4, -0.2) is 39.3 Å². The average molecular weight is 447 g/mol. The SMILES string of the molecule is COc1ccc(Br)cc1CCC(=O)Nc1ccc(N2CCC[C@@H](OC)C2)cc1. The number of carbonyl (C=O) groups excluding carboxylic acids is 1. The molecule has 1 N–H and O–H groups in total. The minimum absolute atomic E-state index is 0.00722. The highest BCUT2D eigenvalue weighted by Crippen LogP contribution is 2.25. The van der Waals surface area contributed by atoms with Crippen molar-refractivity contribution in [3.8, 4) is 5.75 Å². The van der Waals surface area contributed by atoms with Crippen molar-refractivity contribution in [3.05, 3.63) is 52.5 Å². The fourth-order valence-corrected chi connectivity index (χ4v) is 3.94. The first kappa shape index (κ1) is 20.7. The van der Waals surface area contributed by atoms with Crippen LogP contribution in [0.1, 0.15) is 24.8 Å². The van der Waals surface area contributed by atoms with Gasteiger partial charge in [0.15, 0.2) is 0 Å². The van der Waals surface area contributed by atoms with Crippen molar-refractivity contribution in [1.29, 1.82) is 0 Å². The number of hydrogen-bond donors (Lipinski definition) is 1. The number of ether oxygens (including phenoxy) is 2. The van der Waals surface area contributed by atoms with Gasteiger partial charge in [0.25, 0.3) is 0 Å². The van der Waals surface area contributed by atoms with Gasteiger partial charge in [-0.25, -0.2) is 0 Å². The van der Waals surface area contributed by atoms with E-state index >= 15 is 0 Å². The number of carbonyl (C=O) groups is 1. The smallest absolute Gasteiger partial charge is 0.224 e. The minimum atomic E-state index is -0.00722. The molecule has 6 heteroatoms. The molecule has 3 rings (SSSR count). The zero-order chi connectivity index (χ0) is 19.9. The molecule has 0 aromatic heterocycles. The molecule has 28 heavy (non-hydrogen) atoms. The number of methoxy groups -OCH3 is 2. The number of hydrogen-bond acceptors (Lipinski definition) is 4. The van der Waals surface area contributed by atoms with Gasteiger partial charge in [0.2, 0.25) is 5.91 Å². The fourth-order valence-electron chi connectivity index (χ4n) is 3.53. The minimum Gasteiger partial charge on any atom is -0.496 e. The second-order valence-electron chi connectivity index (χ2n) is 7.00. The third kappa shape index (κ3) is 5.49. The van der Waals surface area contributed by atoms with Crippen molar-refractivity contribution < 1.29 is 14.3 Å². The van der Waals surface area contributed by atoms with Gasteiger partial charge in [0.1, 0.15) is 5.75 Å². The first-order valence-electron chi connectivity index (χ1n) is 9.59. The summed E-state index contributed by atoms with van der Waals surface area (Å²) in [6.45, 7) is 1.96. The lowest BCUT2D eigenvalue weighted by Crippen LogP contribution is -2.39. The summed E-state index contributed by atoms with van der Waals surface area (Å²) in [6.07, 6.45) is 3.57. The van der Waals surface area contributed by atoms with Crippen LogP contribution in [0.15, 0.2) is 46.9 Å². The van der Waals surface area contributed by atoms with Gasteiger partial charge in [-0.3, -0.25) is 4.79 Å². The molecule has 0 spiro atoms. The summed E-state index contributed by atoms with van der Waals surface area (Å²) in [6, 6.07) is 13.9. The predicted molar refractivity (Wildman–Crippen MR) is 116 cm³/mol. The number of amides is 1. The Morgan fingerprint density at radius 2 is 2.00 bits per heavy atom. The van der Waals surface area contributed by atoms with E-state index in [4.69, 9.17) is 9.47 Å². The summed E-state index contributed by atoms with van der Waals surface area (Å²) in [5.74, 6) is 0.795. The Labute approximate surface area is 175 Å². The monoisotopic (exact) mass is 446 g/mol. The molecule has 2 aromatic carbocycles.